The number of fused-ring (bicyclic) bond motifs is 1. The number of benzene rings is 2. The fraction of sp³-hybridized carbons (Fsp3) is 0.185. The summed E-state index contributed by atoms with van der Waals surface area (Å²) in [4.78, 5) is 33.3. The van der Waals surface area contributed by atoms with Crippen molar-refractivity contribution in [1.29, 1.82) is 0 Å². The number of cyclic esters (lactones) is 1. The summed E-state index contributed by atoms with van der Waals surface area (Å²) in [5.41, 5.74) is 2.67. The van der Waals surface area contributed by atoms with Gasteiger partial charge in [0.1, 0.15) is 28.6 Å². The van der Waals surface area contributed by atoms with Crippen LogP contribution in [-0.2, 0) is 15.1 Å². The summed E-state index contributed by atoms with van der Waals surface area (Å²) in [7, 11) is 0. The molecule has 0 radical (unpaired) electrons. The largest absolute Gasteiger partial charge is 0.457 e. The number of aliphatic imine (C=N–C) groups is 1. The lowest BCUT2D eigenvalue weighted by Gasteiger charge is -2.17. The average Bonchev–Trinajstić information content (AvgIpc) is 3.45. The van der Waals surface area contributed by atoms with Gasteiger partial charge in [-0.1, -0.05) is 18.2 Å². The minimum atomic E-state index is -0.665. The van der Waals surface area contributed by atoms with Crippen LogP contribution in [0.3, 0.4) is 0 Å². The SMILES string of the molecule is CC1(C)OC(=O)c2cc(NC(=O)/C=C/c3cccc(Oc4ccnc(C5=NCCN5)c4)c3)ccc21. The van der Waals surface area contributed by atoms with Crippen molar-refractivity contribution in [2.24, 2.45) is 4.99 Å². The van der Waals surface area contributed by atoms with Crippen molar-refractivity contribution in [3.8, 4) is 11.5 Å². The highest BCUT2D eigenvalue weighted by Crippen LogP contribution is 2.37. The number of hydrogen-bond acceptors (Lipinski definition) is 7. The third-order valence-corrected chi connectivity index (χ3v) is 5.67. The molecule has 8 nitrogen and oxygen atoms in total. The smallest absolute Gasteiger partial charge is 0.339 e. The van der Waals surface area contributed by atoms with E-state index in [9.17, 15) is 9.59 Å². The minimum Gasteiger partial charge on any atom is -0.457 e. The van der Waals surface area contributed by atoms with E-state index in [2.05, 4.69) is 20.6 Å². The average molecular weight is 469 g/mol. The van der Waals surface area contributed by atoms with E-state index in [0.29, 0.717) is 22.7 Å². The quantitative estimate of drug-likeness (QED) is 0.414. The van der Waals surface area contributed by atoms with E-state index in [-0.39, 0.29) is 11.9 Å². The van der Waals surface area contributed by atoms with E-state index < -0.39 is 5.60 Å². The Kier molecular flexibility index (Phi) is 5.78. The lowest BCUT2D eigenvalue weighted by molar-refractivity contribution is -0.111. The molecule has 0 saturated carbocycles. The van der Waals surface area contributed by atoms with E-state index in [1.807, 2.05) is 44.2 Å². The van der Waals surface area contributed by atoms with Crippen LogP contribution >= 0.6 is 0 Å². The Morgan fingerprint density at radius 2 is 2.00 bits per heavy atom. The molecule has 0 spiro atoms. The van der Waals surface area contributed by atoms with Gasteiger partial charge in [0, 0.05) is 36.1 Å². The van der Waals surface area contributed by atoms with Crippen molar-refractivity contribution in [3.63, 3.8) is 0 Å². The maximum absolute atomic E-state index is 12.5. The topological polar surface area (TPSA) is 102 Å². The summed E-state index contributed by atoms with van der Waals surface area (Å²) < 4.78 is 11.4. The maximum atomic E-state index is 12.5. The molecular formula is C27H24N4O4. The van der Waals surface area contributed by atoms with E-state index in [0.717, 1.165) is 35.7 Å². The highest BCUT2D eigenvalue weighted by molar-refractivity contribution is 6.03. The molecule has 0 atom stereocenters. The van der Waals surface area contributed by atoms with Crippen LogP contribution in [0.25, 0.3) is 6.08 Å². The Labute approximate surface area is 202 Å². The Morgan fingerprint density at radius 3 is 2.83 bits per heavy atom. The number of carbonyl (C=O) groups excluding carboxylic acids is 2. The molecule has 5 rings (SSSR count). The number of rotatable bonds is 6. The van der Waals surface area contributed by atoms with Gasteiger partial charge < -0.3 is 20.1 Å². The van der Waals surface area contributed by atoms with Crippen molar-refractivity contribution in [3.05, 3.63) is 89.3 Å². The molecule has 2 aromatic carbocycles. The number of esters is 1. The molecule has 0 aliphatic carbocycles. The molecule has 0 fully saturated rings. The Balaban J connectivity index is 1.24. The van der Waals surface area contributed by atoms with Crippen LogP contribution in [0.2, 0.25) is 0 Å². The molecule has 0 saturated heterocycles. The summed E-state index contributed by atoms with van der Waals surface area (Å²) in [5, 5.41) is 5.99. The number of amidine groups is 1. The van der Waals surface area contributed by atoms with Crippen molar-refractivity contribution >= 4 is 29.5 Å². The van der Waals surface area contributed by atoms with E-state index >= 15 is 0 Å². The summed E-state index contributed by atoms with van der Waals surface area (Å²) >= 11 is 0. The summed E-state index contributed by atoms with van der Waals surface area (Å²) in [6, 6.07) is 16.2. The molecular weight excluding hydrogens is 444 g/mol. The van der Waals surface area contributed by atoms with Gasteiger partial charge in [0.2, 0.25) is 5.91 Å². The van der Waals surface area contributed by atoms with Gasteiger partial charge in [0.25, 0.3) is 0 Å². The number of hydrogen-bond donors (Lipinski definition) is 2. The predicted octanol–water partition coefficient (Wildman–Crippen LogP) is 4.28. The van der Waals surface area contributed by atoms with Gasteiger partial charge in [-0.2, -0.15) is 0 Å². The lowest BCUT2D eigenvalue weighted by atomic mass is 9.96. The fourth-order valence-electron chi connectivity index (χ4n) is 4.00. The third-order valence-electron chi connectivity index (χ3n) is 5.67. The summed E-state index contributed by atoms with van der Waals surface area (Å²) in [6.45, 7) is 5.22. The molecule has 1 amide bonds. The highest BCUT2D eigenvalue weighted by Gasteiger charge is 2.37. The van der Waals surface area contributed by atoms with Gasteiger partial charge in [-0.05, 0) is 55.8 Å². The van der Waals surface area contributed by atoms with E-state index in [1.165, 1.54) is 6.08 Å². The molecule has 0 bridgehead atoms. The van der Waals surface area contributed by atoms with Crippen molar-refractivity contribution in [1.82, 2.24) is 10.3 Å². The van der Waals surface area contributed by atoms with Crippen molar-refractivity contribution < 1.29 is 19.1 Å². The number of pyridine rings is 1. The summed E-state index contributed by atoms with van der Waals surface area (Å²) in [5.74, 6) is 1.34. The van der Waals surface area contributed by atoms with Gasteiger partial charge in [-0.25, -0.2) is 4.79 Å². The second kappa shape index (κ2) is 9.06. The monoisotopic (exact) mass is 468 g/mol. The van der Waals surface area contributed by atoms with Crippen LogP contribution in [-0.4, -0.2) is 35.8 Å². The third kappa shape index (κ3) is 4.91. The molecule has 176 valence electrons. The first-order valence-corrected chi connectivity index (χ1v) is 11.3. The number of ether oxygens (including phenoxy) is 2. The van der Waals surface area contributed by atoms with Crippen LogP contribution in [0.5, 0.6) is 11.5 Å². The minimum absolute atomic E-state index is 0.314. The van der Waals surface area contributed by atoms with Gasteiger partial charge in [-0.15, -0.1) is 0 Å². The highest BCUT2D eigenvalue weighted by atomic mass is 16.6. The first kappa shape index (κ1) is 22.3. The molecule has 1 aromatic heterocycles. The van der Waals surface area contributed by atoms with Crippen LogP contribution in [0, 0.1) is 0 Å². The predicted molar refractivity (Wildman–Crippen MR) is 133 cm³/mol. The van der Waals surface area contributed by atoms with Crippen LogP contribution < -0.4 is 15.4 Å². The first-order valence-electron chi connectivity index (χ1n) is 11.3. The zero-order valence-electron chi connectivity index (χ0n) is 19.4. The fourth-order valence-corrected chi connectivity index (χ4v) is 4.00. The zero-order chi connectivity index (χ0) is 24.4. The Morgan fingerprint density at radius 1 is 1.14 bits per heavy atom. The number of anilines is 1. The van der Waals surface area contributed by atoms with Gasteiger partial charge in [0.15, 0.2) is 0 Å². The van der Waals surface area contributed by atoms with Crippen LogP contribution in [0.15, 0.2) is 71.9 Å². The molecule has 2 N–H and O–H groups in total. The maximum Gasteiger partial charge on any atom is 0.339 e. The number of amides is 1. The first-order chi connectivity index (χ1) is 16.9. The van der Waals surface area contributed by atoms with Gasteiger partial charge in [-0.3, -0.25) is 14.8 Å². The Bertz CT molecular complexity index is 1380. The molecule has 2 aliphatic heterocycles. The van der Waals surface area contributed by atoms with Crippen LogP contribution in [0.4, 0.5) is 5.69 Å². The molecule has 35 heavy (non-hydrogen) atoms. The molecule has 3 heterocycles. The Hall–Kier alpha value is -4.46. The van der Waals surface area contributed by atoms with E-state index in [4.69, 9.17) is 9.47 Å². The second-order valence-electron chi connectivity index (χ2n) is 8.69. The van der Waals surface area contributed by atoms with Crippen molar-refractivity contribution in [2.45, 2.75) is 19.4 Å². The molecule has 0 unspecified atom stereocenters. The number of nitrogens with one attached hydrogen (secondary N) is 2. The van der Waals surface area contributed by atoms with Gasteiger partial charge in [0.05, 0.1) is 12.1 Å². The zero-order valence-corrected chi connectivity index (χ0v) is 19.4. The standard InChI is InChI=1S/C27H24N4O4/c1-27(2)22-8-7-18(15-21(22)26(33)35-27)31-24(32)9-6-17-4-3-5-19(14-17)34-20-10-11-28-23(16-20)25-29-12-13-30-25/h3-11,14-16H,12-13H2,1-2H3,(H,29,30)(H,31,32)/b9-6+. The number of nitrogens with zero attached hydrogens (tertiary/aromatic N) is 2. The molecule has 2 aliphatic rings. The van der Waals surface area contributed by atoms with Crippen molar-refractivity contribution in [2.75, 3.05) is 18.4 Å². The lowest BCUT2D eigenvalue weighted by Crippen LogP contribution is -2.20. The van der Waals surface area contributed by atoms with E-state index in [1.54, 1.807) is 36.5 Å². The second-order valence-corrected chi connectivity index (χ2v) is 8.69. The normalized spacial score (nSPS) is 15.8. The summed E-state index contributed by atoms with van der Waals surface area (Å²) in [6.07, 6.45) is 4.81. The molecule has 8 heteroatoms. The van der Waals surface area contributed by atoms with Gasteiger partial charge >= 0.3 is 5.97 Å². The number of carbonyl (C=O) groups is 2. The number of aromatic nitrogens is 1. The van der Waals surface area contributed by atoms with Crippen LogP contribution in [0.1, 0.15) is 41.0 Å². The molecule has 3 aromatic rings.